The third-order valence-corrected chi connectivity index (χ3v) is 6.02. The first kappa shape index (κ1) is 21.0. The van der Waals surface area contributed by atoms with Crippen LogP contribution in [0.3, 0.4) is 0 Å². The highest BCUT2D eigenvalue weighted by Gasteiger charge is 2.23. The van der Waals surface area contributed by atoms with Gasteiger partial charge in [0.2, 0.25) is 5.91 Å². The first-order valence-electron chi connectivity index (χ1n) is 10.4. The molecule has 3 heterocycles. The number of anilines is 2. The Balaban J connectivity index is 1.32. The SMILES string of the molecule is CC(=O)NC1CCOc2ccc(-c3csc(Nc4ccc(-c5ccc(F)cc5)nn4)n3)cc21. The number of rotatable bonds is 5. The largest absolute Gasteiger partial charge is 0.493 e. The van der Waals surface area contributed by atoms with E-state index < -0.39 is 0 Å². The quantitative estimate of drug-likeness (QED) is 0.429. The van der Waals surface area contributed by atoms with Crippen molar-refractivity contribution in [2.24, 2.45) is 0 Å². The van der Waals surface area contributed by atoms with Gasteiger partial charge in [0.15, 0.2) is 10.9 Å². The van der Waals surface area contributed by atoms with E-state index in [1.807, 2.05) is 29.6 Å². The van der Waals surface area contributed by atoms with Crippen LogP contribution in [0, 0.1) is 5.82 Å². The Bertz CT molecular complexity index is 1290. The van der Waals surface area contributed by atoms with Crippen molar-refractivity contribution in [1.82, 2.24) is 20.5 Å². The molecule has 1 aliphatic heterocycles. The molecular formula is C24H20FN5O2S. The molecule has 0 saturated heterocycles. The number of carbonyl (C=O) groups excluding carboxylic acids is 1. The van der Waals surface area contributed by atoms with E-state index in [9.17, 15) is 9.18 Å². The van der Waals surface area contributed by atoms with Crippen molar-refractivity contribution < 1.29 is 13.9 Å². The van der Waals surface area contributed by atoms with Crippen LogP contribution in [0.15, 0.2) is 60.0 Å². The van der Waals surface area contributed by atoms with Crippen LogP contribution in [0.25, 0.3) is 22.5 Å². The molecule has 7 nitrogen and oxygen atoms in total. The molecule has 0 fully saturated rings. The number of benzene rings is 2. The number of carbonyl (C=O) groups is 1. The Morgan fingerprint density at radius 3 is 2.64 bits per heavy atom. The number of halogens is 1. The second-order valence-electron chi connectivity index (χ2n) is 7.62. The maximum absolute atomic E-state index is 13.1. The van der Waals surface area contributed by atoms with Gasteiger partial charge in [0.1, 0.15) is 11.6 Å². The highest BCUT2D eigenvalue weighted by molar-refractivity contribution is 7.14. The summed E-state index contributed by atoms with van der Waals surface area (Å²) in [6.45, 7) is 2.09. The van der Waals surface area contributed by atoms with Crippen molar-refractivity contribution in [3.8, 4) is 28.3 Å². The van der Waals surface area contributed by atoms with Crippen LogP contribution in [0.1, 0.15) is 24.9 Å². The predicted molar refractivity (Wildman–Crippen MR) is 125 cm³/mol. The van der Waals surface area contributed by atoms with Crippen LogP contribution >= 0.6 is 11.3 Å². The van der Waals surface area contributed by atoms with Gasteiger partial charge in [-0.25, -0.2) is 9.37 Å². The number of ether oxygens (including phenoxy) is 1. The average molecular weight is 462 g/mol. The number of amides is 1. The van der Waals surface area contributed by atoms with E-state index in [1.165, 1.54) is 30.4 Å². The van der Waals surface area contributed by atoms with Gasteiger partial charge in [-0.05, 0) is 54.6 Å². The Hall–Kier alpha value is -3.85. The van der Waals surface area contributed by atoms with Gasteiger partial charge in [-0.3, -0.25) is 4.79 Å². The summed E-state index contributed by atoms with van der Waals surface area (Å²) in [7, 11) is 0. The third-order valence-electron chi connectivity index (χ3n) is 5.27. The van der Waals surface area contributed by atoms with E-state index in [1.54, 1.807) is 18.2 Å². The lowest BCUT2D eigenvalue weighted by Gasteiger charge is -2.26. The van der Waals surface area contributed by atoms with Gasteiger partial charge in [0.05, 0.1) is 24.0 Å². The lowest BCUT2D eigenvalue weighted by molar-refractivity contribution is -0.119. The molecule has 33 heavy (non-hydrogen) atoms. The number of nitrogens with one attached hydrogen (secondary N) is 2. The van der Waals surface area contributed by atoms with E-state index in [0.717, 1.165) is 34.6 Å². The molecule has 0 saturated carbocycles. The number of hydrogen-bond donors (Lipinski definition) is 2. The highest BCUT2D eigenvalue weighted by atomic mass is 32.1. The number of aromatic nitrogens is 3. The van der Waals surface area contributed by atoms with Gasteiger partial charge in [0, 0.05) is 35.4 Å². The molecule has 166 valence electrons. The summed E-state index contributed by atoms with van der Waals surface area (Å²) >= 11 is 1.46. The minimum atomic E-state index is -0.290. The maximum Gasteiger partial charge on any atom is 0.217 e. The number of hydrogen-bond acceptors (Lipinski definition) is 7. The Morgan fingerprint density at radius 1 is 1.06 bits per heavy atom. The number of fused-ring (bicyclic) bond motifs is 1. The smallest absolute Gasteiger partial charge is 0.217 e. The Morgan fingerprint density at radius 2 is 1.88 bits per heavy atom. The lowest BCUT2D eigenvalue weighted by Crippen LogP contribution is -2.30. The van der Waals surface area contributed by atoms with Crippen LogP contribution in [0.5, 0.6) is 5.75 Å². The van der Waals surface area contributed by atoms with Gasteiger partial charge < -0.3 is 15.4 Å². The summed E-state index contributed by atoms with van der Waals surface area (Å²) in [6, 6.07) is 15.6. The molecule has 5 rings (SSSR count). The maximum atomic E-state index is 13.1. The zero-order valence-electron chi connectivity index (χ0n) is 17.7. The lowest BCUT2D eigenvalue weighted by atomic mass is 9.97. The zero-order valence-corrected chi connectivity index (χ0v) is 18.5. The zero-order chi connectivity index (χ0) is 22.8. The Labute approximate surface area is 193 Å². The molecule has 1 aliphatic rings. The van der Waals surface area contributed by atoms with Crippen molar-refractivity contribution in [2.45, 2.75) is 19.4 Å². The van der Waals surface area contributed by atoms with Gasteiger partial charge in [-0.15, -0.1) is 21.5 Å². The molecule has 2 aromatic carbocycles. The second kappa shape index (κ2) is 8.95. The molecule has 4 aromatic rings. The molecule has 0 bridgehead atoms. The third kappa shape index (κ3) is 4.68. The fourth-order valence-corrected chi connectivity index (χ4v) is 4.42. The second-order valence-corrected chi connectivity index (χ2v) is 8.47. The molecule has 1 atom stereocenters. The molecule has 0 spiro atoms. The predicted octanol–water partition coefficient (Wildman–Crippen LogP) is 5.11. The van der Waals surface area contributed by atoms with Crippen molar-refractivity contribution in [3.63, 3.8) is 0 Å². The fourth-order valence-electron chi connectivity index (χ4n) is 3.70. The van der Waals surface area contributed by atoms with Crippen molar-refractivity contribution in [1.29, 1.82) is 0 Å². The Kier molecular flexibility index (Phi) is 5.70. The molecule has 0 radical (unpaired) electrons. The van der Waals surface area contributed by atoms with Gasteiger partial charge in [-0.2, -0.15) is 0 Å². The molecule has 1 unspecified atom stereocenters. The summed E-state index contributed by atoms with van der Waals surface area (Å²) in [6.07, 6.45) is 0.729. The minimum absolute atomic E-state index is 0.0649. The van der Waals surface area contributed by atoms with E-state index in [4.69, 9.17) is 4.74 Å². The monoisotopic (exact) mass is 461 g/mol. The van der Waals surface area contributed by atoms with Crippen LogP contribution in [-0.2, 0) is 4.79 Å². The fraction of sp³-hybridized carbons (Fsp3) is 0.167. The van der Waals surface area contributed by atoms with E-state index in [2.05, 4.69) is 25.8 Å². The van der Waals surface area contributed by atoms with Gasteiger partial charge >= 0.3 is 0 Å². The molecule has 2 aromatic heterocycles. The van der Waals surface area contributed by atoms with Crippen LogP contribution < -0.4 is 15.4 Å². The van der Waals surface area contributed by atoms with E-state index >= 15 is 0 Å². The number of thiazole rings is 1. The normalized spacial score (nSPS) is 14.8. The summed E-state index contributed by atoms with van der Waals surface area (Å²) in [5.41, 5.74) is 4.16. The number of nitrogens with zero attached hydrogens (tertiary/aromatic N) is 3. The average Bonchev–Trinajstić information content (AvgIpc) is 3.28. The van der Waals surface area contributed by atoms with E-state index in [0.29, 0.717) is 23.3 Å². The highest BCUT2D eigenvalue weighted by Crippen LogP contribution is 2.36. The summed E-state index contributed by atoms with van der Waals surface area (Å²) in [5, 5.41) is 17.2. The van der Waals surface area contributed by atoms with Crippen LogP contribution in [-0.4, -0.2) is 27.7 Å². The summed E-state index contributed by atoms with van der Waals surface area (Å²) < 4.78 is 18.9. The molecule has 2 N–H and O–H groups in total. The molecular weight excluding hydrogens is 441 g/mol. The molecule has 9 heteroatoms. The van der Waals surface area contributed by atoms with Crippen molar-refractivity contribution in [2.75, 3.05) is 11.9 Å². The first-order valence-corrected chi connectivity index (χ1v) is 11.3. The summed E-state index contributed by atoms with van der Waals surface area (Å²) in [5.74, 6) is 0.992. The van der Waals surface area contributed by atoms with Crippen molar-refractivity contribution in [3.05, 3.63) is 71.4 Å². The standard InChI is InChI=1S/C24H20FN5O2S/c1-14(31)26-20-10-11-32-22-8-4-16(12-18(20)22)21-13-33-24(27-21)28-23-9-7-19(29-30-23)15-2-5-17(25)6-3-15/h2-9,12-13,20H,10-11H2,1H3,(H,26,31)(H,27,28,30). The van der Waals surface area contributed by atoms with Crippen LogP contribution in [0.4, 0.5) is 15.3 Å². The van der Waals surface area contributed by atoms with Gasteiger partial charge in [0.25, 0.3) is 0 Å². The van der Waals surface area contributed by atoms with Crippen molar-refractivity contribution >= 4 is 28.2 Å². The first-order chi connectivity index (χ1) is 16.0. The van der Waals surface area contributed by atoms with Crippen LogP contribution in [0.2, 0.25) is 0 Å². The minimum Gasteiger partial charge on any atom is -0.493 e. The summed E-state index contributed by atoms with van der Waals surface area (Å²) in [4.78, 5) is 16.2. The van der Waals surface area contributed by atoms with Gasteiger partial charge in [-0.1, -0.05) is 0 Å². The molecule has 1 amide bonds. The molecule has 0 aliphatic carbocycles. The topological polar surface area (TPSA) is 89.0 Å². The van der Waals surface area contributed by atoms with E-state index in [-0.39, 0.29) is 17.8 Å².